The van der Waals surface area contributed by atoms with Gasteiger partial charge < -0.3 is 9.72 Å². The fourth-order valence-corrected chi connectivity index (χ4v) is 1.96. The van der Waals surface area contributed by atoms with E-state index in [0.717, 1.165) is 23.2 Å². The van der Waals surface area contributed by atoms with Gasteiger partial charge in [0.1, 0.15) is 5.69 Å². The molecule has 0 aliphatic carbocycles. The third-order valence-electron chi connectivity index (χ3n) is 2.92. The van der Waals surface area contributed by atoms with E-state index in [1.54, 1.807) is 30.1 Å². The van der Waals surface area contributed by atoms with Crippen molar-refractivity contribution >= 4 is 6.29 Å². The third-order valence-corrected chi connectivity index (χ3v) is 2.92. The van der Waals surface area contributed by atoms with Gasteiger partial charge in [-0.1, -0.05) is 0 Å². The molecular weight excluding hydrogens is 256 g/mol. The lowest BCUT2D eigenvalue weighted by Crippen LogP contribution is -2.00. The van der Waals surface area contributed by atoms with Crippen LogP contribution in [0, 0.1) is 0 Å². The molecule has 0 aliphatic heterocycles. The van der Waals surface area contributed by atoms with Crippen molar-refractivity contribution in [2.24, 2.45) is 0 Å². The second-order valence-corrected chi connectivity index (χ2v) is 4.14. The van der Waals surface area contributed by atoms with Gasteiger partial charge in [-0.2, -0.15) is 5.10 Å². The van der Waals surface area contributed by atoms with Crippen molar-refractivity contribution in [1.29, 1.82) is 0 Å². The molecule has 3 heterocycles. The SMILES string of the molecule is COc1ccc(-n2nc(C=O)cc2-c2cc[nH]c2)cn1. The zero-order valence-corrected chi connectivity index (χ0v) is 10.8. The number of nitrogens with one attached hydrogen (secondary N) is 1. The molecule has 1 N–H and O–H groups in total. The van der Waals surface area contributed by atoms with Gasteiger partial charge >= 0.3 is 0 Å². The Morgan fingerprint density at radius 1 is 1.35 bits per heavy atom. The molecule has 0 saturated carbocycles. The maximum absolute atomic E-state index is 11.0. The highest BCUT2D eigenvalue weighted by Crippen LogP contribution is 2.23. The van der Waals surface area contributed by atoms with Crippen LogP contribution in [0.25, 0.3) is 16.9 Å². The largest absolute Gasteiger partial charge is 0.481 e. The first-order chi connectivity index (χ1) is 9.81. The van der Waals surface area contributed by atoms with Gasteiger partial charge in [0.05, 0.1) is 24.7 Å². The van der Waals surface area contributed by atoms with Crippen LogP contribution in [0.5, 0.6) is 5.88 Å². The summed E-state index contributed by atoms with van der Waals surface area (Å²) in [5, 5.41) is 4.26. The van der Waals surface area contributed by atoms with Gasteiger partial charge in [0, 0.05) is 24.0 Å². The summed E-state index contributed by atoms with van der Waals surface area (Å²) in [4.78, 5) is 18.1. The normalized spacial score (nSPS) is 10.4. The molecule has 6 heteroatoms. The highest BCUT2D eigenvalue weighted by atomic mass is 16.5. The average Bonchev–Trinajstić information content (AvgIpc) is 3.16. The van der Waals surface area contributed by atoms with Crippen LogP contribution in [-0.2, 0) is 0 Å². The Labute approximate surface area is 115 Å². The van der Waals surface area contributed by atoms with Crippen LogP contribution >= 0.6 is 0 Å². The smallest absolute Gasteiger partial charge is 0.213 e. The molecule has 0 radical (unpaired) electrons. The van der Waals surface area contributed by atoms with Crippen molar-refractivity contribution in [3.63, 3.8) is 0 Å². The Kier molecular flexibility index (Phi) is 3.04. The second-order valence-electron chi connectivity index (χ2n) is 4.14. The molecule has 0 unspecified atom stereocenters. The molecule has 100 valence electrons. The lowest BCUT2D eigenvalue weighted by atomic mass is 10.2. The van der Waals surface area contributed by atoms with Gasteiger partial charge in [-0.15, -0.1) is 0 Å². The monoisotopic (exact) mass is 268 g/mol. The maximum atomic E-state index is 11.0. The first-order valence-corrected chi connectivity index (χ1v) is 6.00. The highest BCUT2D eigenvalue weighted by molar-refractivity contribution is 5.76. The number of aromatic nitrogens is 4. The number of aldehydes is 1. The lowest BCUT2D eigenvalue weighted by molar-refractivity contribution is 0.111. The van der Waals surface area contributed by atoms with E-state index in [2.05, 4.69) is 15.1 Å². The van der Waals surface area contributed by atoms with Crippen LogP contribution in [0.1, 0.15) is 10.5 Å². The summed E-state index contributed by atoms with van der Waals surface area (Å²) < 4.78 is 6.71. The first kappa shape index (κ1) is 12.2. The van der Waals surface area contributed by atoms with Crippen LogP contribution in [0.3, 0.4) is 0 Å². The van der Waals surface area contributed by atoms with Crippen molar-refractivity contribution < 1.29 is 9.53 Å². The topological polar surface area (TPSA) is 72.8 Å². The van der Waals surface area contributed by atoms with Gasteiger partial charge in [-0.3, -0.25) is 4.79 Å². The summed E-state index contributed by atoms with van der Waals surface area (Å²) in [5.74, 6) is 0.528. The minimum Gasteiger partial charge on any atom is -0.481 e. The van der Waals surface area contributed by atoms with Crippen LogP contribution in [-0.4, -0.2) is 33.1 Å². The number of nitrogens with zero attached hydrogens (tertiary/aromatic N) is 3. The number of hydrogen-bond donors (Lipinski definition) is 1. The van der Waals surface area contributed by atoms with E-state index in [-0.39, 0.29) is 0 Å². The Bertz CT molecular complexity index is 714. The van der Waals surface area contributed by atoms with Gasteiger partial charge in [0.15, 0.2) is 6.29 Å². The summed E-state index contributed by atoms with van der Waals surface area (Å²) in [5.41, 5.74) is 2.90. The van der Waals surface area contributed by atoms with Crippen molar-refractivity contribution in [3.8, 4) is 22.8 Å². The van der Waals surface area contributed by atoms with Crippen LogP contribution in [0.4, 0.5) is 0 Å². The summed E-state index contributed by atoms with van der Waals surface area (Å²) in [6.45, 7) is 0. The molecule has 3 aromatic heterocycles. The molecule has 0 saturated heterocycles. The van der Waals surface area contributed by atoms with Crippen LogP contribution in [0.2, 0.25) is 0 Å². The van der Waals surface area contributed by atoms with Gasteiger partial charge in [-0.05, 0) is 18.2 Å². The van der Waals surface area contributed by atoms with Gasteiger partial charge in [0.25, 0.3) is 0 Å². The molecule has 0 bridgehead atoms. The zero-order valence-electron chi connectivity index (χ0n) is 10.8. The van der Waals surface area contributed by atoms with Crippen LogP contribution in [0.15, 0.2) is 42.9 Å². The van der Waals surface area contributed by atoms with E-state index in [4.69, 9.17) is 4.74 Å². The van der Waals surface area contributed by atoms with Crippen molar-refractivity contribution in [3.05, 3.63) is 48.5 Å². The van der Waals surface area contributed by atoms with Crippen LogP contribution < -0.4 is 4.74 Å². The van der Waals surface area contributed by atoms with E-state index < -0.39 is 0 Å². The number of rotatable bonds is 4. The predicted octanol–water partition coefficient (Wildman–Crippen LogP) is 2.08. The number of H-pyrrole nitrogens is 1. The quantitative estimate of drug-likeness (QED) is 0.735. The van der Waals surface area contributed by atoms with E-state index >= 15 is 0 Å². The molecule has 0 aliphatic rings. The minimum absolute atomic E-state index is 0.372. The minimum atomic E-state index is 0.372. The Balaban J connectivity index is 2.11. The van der Waals surface area contributed by atoms with E-state index in [1.165, 1.54) is 0 Å². The molecule has 3 aromatic rings. The number of methoxy groups -OCH3 is 1. The number of ether oxygens (including phenoxy) is 1. The fourth-order valence-electron chi connectivity index (χ4n) is 1.96. The Morgan fingerprint density at radius 3 is 2.85 bits per heavy atom. The summed E-state index contributed by atoms with van der Waals surface area (Å²) >= 11 is 0. The molecule has 6 nitrogen and oxygen atoms in total. The standard InChI is InChI=1S/C14H12N4O2/c1-20-14-3-2-12(8-16-14)18-13(6-11(9-19)17-18)10-4-5-15-7-10/h2-9,15H,1H3. The van der Waals surface area contributed by atoms with E-state index in [0.29, 0.717) is 11.6 Å². The molecule has 20 heavy (non-hydrogen) atoms. The molecule has 0 aromatic carbocycles. The van der Waals surface area contributed by atoms with Crippen molar-refractivity contribution in [2.45, 2.75) is 0 Å². The van der Waals surface area contributed by atoms with Gasteiger partial charge in [0.2, 0.25) is 5.88 Å². The average molecular weight is 268 g/mol. The number of hydrogen-bond acceptors (Lipinski definition) is 4. The molecular formula is C14H12N4O2. The molecule has 0 spiro atoms. The highest BCUT2D eigenvalue weighted by Gasteiger charge is 2.12. The van der Waals surface area contributed by atoms with Crippen molar-refractivity contribution in [2.75, 3.05) is 7.11 Å². The fraction of sp³-hybridized carbons (Fsp3) is 0.0714. The lowest BCUT2D eigenvalue weighted by Gasteiger charge is -2.06. The Hall–Kier alpha value is -2.89. The number of pyridine rings is 1. The number of aromatic amines is 1. The molecule has 0 atom stereocenters. The summed E-state index contributed by atoms with van der Waals surface area (Å²) in [6, 6.07) is 7.24. The first-order valence-electron chi connectivity index (χ1n) is 6.00. The third kappa shape index (κ3) is 2.07. The summed E-state index contributed by atoms with van der Waals surface area (Å²) in [7, 11) is 1.56. The second kappa shape index (κ2) is 5.00. The Morgan fingerprint density at radius 2 is 2.25 bits per heavy atom. The van der Waals surface area contributed by atoms with Gasteiger partial charge in [-0.25, -0.2) is 9.67 Å². The zero-order chi connectivity index (χ0) is 13.9. The maximum Gasteiger partial charge on any atom is 0.213 e. The summed E-state index contributed by atoms with van der Waals surface area (Å²) in [6.07, 6.45) is 6.04. The number of carbonyl (C=O) groups is 1. The van der Waals surface area contributed by atoms with E-state index in [1.807, 2.05) is 24.5 Å². The van der Waals surface area contributed by atoms with Crippen molar-refractivity contribution in [1.82, 2.24) is 19.7 Å². The molecule has 3 rings (SSSR count). The van der Waals surface area contributed by atoms with E-state index in [9.17, 15) is 4.79 Å². The number of carbonyl (C=O) groups excluding carboxylic acids is 1. The molecule has 0 amide bonds. The molecule has 0 fully saturated rings. The predicted molar refractivity (Wildman–Crippen MR) is 73.1 cm³/mol.